The van der Waals surface area contributed by atoms with Gasteiger partial charge in [-0.25, -0.2) is 4.79 Å². The summed E-state index contributed by atoms with van der Waals surface area (Å²) in [5.41, 5.74) is 1.28. The van der Waals surface area contributed by atoms with E-state index < -0.39 is 12.0 Å². The average molecular weight is 244 g/mol. The third kappa shape index (κ3) is 2.33. The zero-order valence-corrected chi connectivity index (χ0v) is 9.67. The van der Waals surface area contributed by atoms with Gasteiger partial charge in [-0.2, -0.15) is 5.26 Å². The van der Waals surface area contributed by atoms with Crippen LogP contribution in [0.1, 0.15) is 24.0 Å². The van der Waals surface area contributed by atoms with Gasteiger partial charge in [0.15, 0.2) is 0 Å². The van der Waals surface area contributed by atoms with Gasteiger partial charge in [0.25, 0.3) is 0 Å². The summed E-state index contributed by atoms with van der Waals surface area (Å²) in [6.07, 6.45) is 0.626. The number of rotatable bonds is 3. The molecule has 0 spiro atoms. The molecule has 0 bridgehead atoms. The van der Waals surface area contributed by atoms with Crippen molar-refractivity contribution in [1.29, 1.82) is 5.26 Å². The normalized spacial score (nSPS) is 18.7. The molecule has 1 heterocycles. The van der Waals surface area contributed by atoms with Crippen molar-refractivity contribution in [3.05, 3.63) is 35.4 Å². The Kier molecular flexibility index (Phi) is 3.28. The quantitative estimate of drug-likeness (QED) is 0.864. The summed E-state index contributed by atoms with van der Waals surface area (Å²) in [7, 11) is 0. The molecule has 1 aliphatic rings. The largest absolute Gasteiger partial charge is 0.480 e. The first-order valence-corrected chi connectivity index (χ1v) is 5.63. The maximum absolute atomic E-state index is 11.6. The summed E-state index contributed by atoms with van der Waals surface area (Å²) in [4.78, 5) is 24.0. The van der Waals surface area contributed by atoms with Crippen LogP contribution in [-0.2, 0) is 16.1 Å². The SMILES string of the molecule is N#Cc1cccc(CN2C(=O)CC[C@H]2C(=O)O)c1. The molecule has 2 rings (SSSR count). The van der Waals surface area contributed by atoms with E-state index in [1.165, 1.54) is 4.90 Å². The lowest BCUT2D eigenvalue weighted by atomic mass is 10.1. The van der Waals surface area contributed by atoms with Crippen molar-refractivity contribution in [1.82, 2.24) is 4.90 Å². The van der Waals surface area contributed by atoms with Crippen LogP contribution in [0.15, 0.2) is 24.3 Å². The first-order valence-electron chi connectivity index (χ1n) is 5.63. The molecule has 1 aromatic carbocycles. The molecule has 1 saturated heterocycles. The molecular weight excluding hydrogens is 232 g/mol. The summed E-state index contributed by atoms with van der Waals surface area (Å²) < 4.78 is 0. The molecule has 0 saturated carbocycles. The fourth-order valence-corrected chi connectivity index (χ4v) is 2.12. The highest BCUT2D eigenvalue weighted by atomic mass is 16.4. The van der Waals surface area contributed by atoms with Gasteiger partial charge in [0, 0.05) is 13.0 Å². The van der Waals surface area contributed by atoms with E-state index in [-0.39, 0.29) is 18.9 Å². The highest BCUT2D eigenvalue weighted by molar-refractivity contribution is 5.87. The zero-order valence-electron chi connectivity index (χ0n) is 9.67. The van der Waals surface area contributed by atoms with E-state index in [0.29, 0.717) is 12.0 Å². The summed E-state index contributed by atoms with van der Waals surface area (Å²) in [5.74, 6) is -1.12. The number of carboxylic acid groups (broad SMARTS) is 1. The van der Waals surface area contributed by atoms with Crippen LogP contribution in [0, 0.1) is 11.3 Å². The Hall–Kier alpha value is -2.35. The lowest BCUT2D eigenvalue weighted by molar-refractivity contribution is -0.146. The second-order valence-corrected chi connectivity index (χ2v) is 4.23. The second-order valence-electron chi connectivity index (χ2n) is 4.23. The molecule has 1 amide bonds. The number of amides is 1. The Morgan fingerprint density at radius 3 is 3.00 bits per heavy atom. The summed E-state index contributed by atoms with van der Waals surface area (Å²) in [6.45, 7) is 0.241. The number of hydrogen-bond donors (Lipinski definition) is 1. The first-order chi connectivity index (χ1) is 8.61. The van der Waals surface area contributed by atoms with E-state index in [9.17, 15) is 9.59 Å². The lowest BCUT2D eigenvalue weighted by Gasteiger charge is -2.21. The highest BCUT2D eigenvalue weighted by Crippen LogP contribution is 2.21. The molecule has 0 unspecified atom stereocenters. The number of carbonyl (C=O) groups excluding carboxylic acids is 1. The standard InChI is InChI=1S/C13H12N2O3/c14-7-9-2-1-3-10(6-9)8-15-11(13(17)18)4-5-12(15)16/h1-3,6,11H,4-5,8H2,(H,17,18)/t11-/m0/s1. The van der Waals surface area contributed by atoms with Crippen LogP contribution in [0.25, 0.3) is 0 Å². The summed E-state index contributed by atoms with van der Waals surface area (Å²) in [6, 6.07) is 8.12. The fourth-order valence-electron chi connectivity index (χ4n) is 2.12. The van der Waals surface area contributed by atoms with E-state index >= 15 is 0 Å². The molecule has 1 aliphatic heterocycles. The van der Waals surface area contributed by atoms with Gasteiger partial charge in [0.05, 0.1) is 11.6 Å². The van der Waals surface area contributed by atoms with E-state index in [4.69, 9.17) is 10.4 Å². The van der Waals surface area contributed by atoms with Crippen molar-refractivity contribution in [3.63, 3.8) is 0 Å². The van der Waals surface area contributed by atoms with Crippen LogP contribution in [0.5, 0.6) is 0 Å². The molecule has 92 valence electrons. The molecule has 1 atom stereocenters. The van der Waals surface area contributed by atoms with Crippen LogP contribution in [0.2, 0.25) is 0 Å². The van der Waals surface area contributed by atoms with Crippen molar-refractivity contribution in [2.45, 2.75) is 25.4 Å². The van der Waals surface area contributed by atoms with Gasteiger partial charge in [-0.3, -0.25) is 4.79 Å². The predicted molar refractivity (Wildman–Crippen MR) is 62.4 cm³/mol. The third-order valence-electron chi connectivity index (χ3n) is 3.02. The second kappa shape index (κ2) is 4.88. The van der Waals surface area contributed by atoms with Crippen LogP contribution in [0.4, 0.5) is 0 Å². The van der Waals surface area contributed by atoms with E-state index in [1.54, 1.807) is 24.3 Å². The van der Waals surface area contributed by atoms with Crippen molar-refractivity contribution < 1.29 is 14.7 Å². The molecule has 5 heteroatoms. The number of nitrogens with zero attached hydrogens (tertiary/aromatic N) is 2. The molecule has 5 nitrogen and oxygen atoms in total. The number of aliphatic carboxylic acids is 1. The van der Waals surface area contributed by atoms with Gasteiger partial charge in [0.2, 0.25) is 5.91 Å². The van der Waals surface area contributed by atoms with Crippen LogP contribution < -0.4 is 0 Å². The first kappa shape index (κ1) is 12.1. The molecule has 1 N–H and O–H groups in total. The van der Waals surface area contributed by atoms with Gasteiger partial charge in [-0.15, -0.1) is 0 Å². The lowest BCUT2D eigenvalue weighted by Crippen LogP contribution is -2.37. The zero-order chi connectivity index (χ0) is 13.1. The smallest absolute Gasteiger partial charge is 0.326 e. The Bertz CT molecular complexity index is 533. The Labute approximate surface area is 104 Å². The topological polar surface area (TPSA) is 81.4 Å². The molecule has 0 radical (unpaired) electrons. The number of carbonyl (C=O) groups is 2. The molecule has 1 fully saturated rings. The van der Waals surface area contributed by atoms with Crippen molar-refractivity contribution in [3.8, 4) is 6.07 Å². The minimum Gasteiger partial charge on any atom is -0.480 e. The van der Waals surface area contributed by atoms with Crippen molar-refractivity contribution >= 4 is 11.9 Å². The fraction of sp³-hybridized carbons (Fsp3) is 0.308. The number of carboxylic acids is 1. The van der Waals surface area contributed by atoms with E-state index in [1.807, 2.05) is 6.07 Å². The van der Waals surface area contributed by atoms with Gasteiger partial charge < -0.3 is 10.0 Å². The summed E-state index contributed by atoms with van der Waals surface area (Å²) in [5, 5.41) is 17.8. The maximum atomic E-state index is 11.6. The maximum Gasteiger partial charge on any atom is 0.326 e. The number of benzene rings is 1. The van der Waals surface area contributed by atoms with Crippen molar-refractivity contribution in [2.75, 3.05) is 0 Å². The molecule has 18 heavy (non-hydrogen) atoms. The van der Waals surface area contributed by atoms with Gasteiger partial charge in [-0.1, -0.05) is 12.1 Å². The third-order valence-corrected chi connectivity index (χ3v) is 3.02. The highest BCUT2D eigenvalue weighted by Gasteiger charge is 2.35. The Morgan fingerprint density at radius 1 is 1.56 bits per heavy atom. The van der Waals surface area contributed by atoms with Gasteiger partial charge in [0.1, 0.15) is 6.04 Å². The van der Waals surface area contributed by atoms with Crippen LogP contribution in [0.3, 0.4) is 0 Å². The Balaban J connectivity index is 2.19. The molecule has 1 aromatic rings. The number of nitriles is 1. The summed E-state index contributed by atoms with van der Waals surface area (Å²) >= 11 is 0. The van der Waals surface area contributed by atoms with E-state index in [2.05, 4.69) is 0 Å². The predicted octanol–water partition coefficient (Wildman–Crippen LogP) is 1.13. The minimum atomic E-state index is -0.975. The average Bonchev–Trinajstić information content (AvgIpc) is 2.71. The van der Waals surface area contributed by atoms with Gasteiger partial charge >= 0.3 is 5.97 Å². The Morgan fingerprint density at radius 2 is 2.33 bits per heavy atom. The number of hydrogen-bond acceptors (Lipinski definition) is 3. The minimum absolute atomic E-state index is 0.148. The van der Waals surface area contributed by atoms with E-state index in [0.717, 1.165) is 5.56 Å². The van der Waals surface area contributed by atoms with Crippen LogP contribution in [-0.4, -0.2) is 27.9 Å². The molecule has 0 aliphatic carbocycles. The monoisotopic (exact) mass is 244 g/mol. The number of likely N-dealkylation sites (tertiary alicyclic amines) is 1. The van der Waals surface area contributed by atoms with Gasteiger partial charge in [-0.05, 0) is 24.1 Å². The molecule has 0 aromatic heterocycles. The van der Waals surface area contributed by atoms with Crippen LogP contribution >= 0.6 is 0 Å². The van der Waals surface area contributed by atoms with Crippen molar-refractivity contribution in [2.24, 2.45) is 0 Å². The molecular formula is C13H12N2O3.